The van der Waals surface area contributed by atoms with Crippen LogP contribution in [0.5, 0.6) is 5.75 Å². The highest BCUT2D eigenvalue weighted by atomic mass is 16.4. The predicted octanol–water partition coefficient (Wildman–Crippen LogP) is 4.07. The van der Waals surface area contributed by atoms with Crippen LogP contribution in [0, 0.1) is 0 Å². The quantitative estimate of drug-likeness (QED) is 0.644. The van der Waals surface area contributed by atoms with Crippen LogP contribution in [-0.2, 0) is 5.60 Å². The molecule has 20 heavy (non-hydrogen) atoms. The van der Waals surface area contributed by atoms with Gasteiger partial charge in [0, 0.05) is 25.5 Å². The number of phenols is 1. The Bertz CT molecular complexity index is 709. The van der Waals surface area contributed by atoms with Gasteiger partial charge in [-0.05, 0) is 24.3 Å². The molecule has 2 aromatic carbocycles. The van der Waals surface area contributed by atoms with E-state index in [1.54, 1.807) is 6.07 Å². The lowest BCUT2D eigenvalue weighted by Gasteiger charge is -2.03. The van der Waals surface area contributed by atoms with E-state index in [2.05, 4.69) is 26.0 Å². The third-order valence-corrected chi connectivity index (χ3v) is 3.56. The molecular weight excluding hydrogens is 248 g/mol. The zero-order chi connectivity index (χ0) is 14.2. The molecule has 0 aliphatic carbocycles. The Kier molecular flexibility index (Phi) is 2.94. The lowest BCUT2D eigenvalue weighted by atomic mass is 9.94. The van der Waals surface area contributed by atoms with Crippen LogP contribution in [-0.4, -0.2) is 10.9 Å². The molecule has 1 aliphatic heterocycles. The lowest BCUT2D eigenvalue weighted by Crippen LogP contribution is -2.10. The molecule has 2 heteroatoms. The van der Waals surface area contributed by atoms with Crippen molar-refractivity contribution in [3.05, 3.63) is 71.3 Å². The molecule has 0 amide bonds. The Morgan fingerprint density at radius 2 is 1.65 bits per heavy atom. The smallest absolute Gasteiger partial charge is 0.352 e. The first kappa shape index (κ1) is 12.7. The third kappa shape index (κ3) is 2.14. The van der Waals surface area contributed by atoms with Crippen LogP contribution in [0.2, 0.25) is 0 Å². The van der Waals surface area contributed by atoms with Crippen molar-refractivity contribution in [2.24, 2.45) is 0 Å². The molecule has 0 aromatic heterocycles. The van der Waals surface area contributed by atoms with Gasteiger partial charge in [-0.3, -0.25) is 0 Å². The van der Waals surface area contributed by atoms with Crippen LogP contribution < -0.4 is 0 Å². The normalized spacial score (nSPS) is 16.2. The minimum Gasteiger partial charge on any atom is -0.507 e. The molecule has 1 heterocycles. The lowest BCUT2D eigenvalue weighted by molar-refractivity contribution is -0.378. The highest BCUT2D eigenvalue weighted by Gasteiger charge is 2.43. The Balaban J connectivity index is 1.99. The number of fused-ring (bicyclic) bond motifs is 1. The van der Waals surface area contributed by atoms with E-state index in [9.17, 15) is 5.11 Å². The maximum atomic E-state index is 9.78. The van der Waals surface area contributed by atoms with E-state index in [4.69, 9.17) is 4.42 Å². The topological polar surface area (TPSA) is 31.5 Å². The van der Waals surface area contributed by atoms with Gasteiger partial charge in [-0.25, -0.2) is 4.42 Å². The first-order chi connectivity index (χ1) is 9.58. The van der Waals surface area contributed by atoms with Crippen molar-refractivity contribution in [1.82, 2.24) is 0 Å². The molecule has 0 fully saturated rings. The molecule has 1 N–H and O–H groups in total. The largest absolute Gasteiger partial charge is 0.507 e. The fourth-order valence-electron chi connectivity index (χ4n) is 2.53. The summed E-state index contributed by atoms with van der Waals surface area (Å²) < 4.78 is 6.03. The fourth-order valence-corrected chi connectivity index (χ4v) is 2.53. The number of hydrogen-bond acceptors (Lipinski definition) is 1. The average molecular weight is 265 g/mol. The second-order valence-electron chi connectivity index (χ2n) is 5.41. The van der Waals surface area contributed by atoms with E-state index in [1.165, 1.54) is 5.56 Å². The van der Waals surface area contributed by atoms with Gasteiger partial charge in [0.25, 0.3) is 0 Å². The van der Waals surface area contributed by atoms with Gasteiger partial charge in [0.05, 0.1) is 11.1 Å². The number of rotatable bonds is 2. The van der Waals surface area contributed by atoms with Gasteiger partial charge in [0.1, 0.15) is 5.75 Å². The number of para-hydroxylation sites is 1. The molecule has 3 rings (SSSR count). The van der Waals surface area contributed by atoms with Crippen molar-refractivity contribution >= 4 is 11.9 Å². The van der Waals surface area contributed by atoms with Gasteiger partial charge in [0.2, 0.25) is 0 Å². The molecule has 0 radical (unpaired) electrons. The third-order valence-electron chi connectivity index (χ3n) is 3.56. The zero-order valence-electron chi connectivity index (χ0n) is 11.6. The van der Waals surface area contributed by atoms with Crippen molar-refractivity contribution in [2.75, 3.05) is 0 Å². The molecule has 0 saturated carbocycles. The summed E-state index contributed by atoms with van der Waals surface area (Å²) in [4.78, 5) is 0. The van der Waals surface area contributed by atoms with Crippen molar-refractivity contribution in [3.63, 3.8) is 0 Å². The summed E-state index contributed by atoms with van der Waals surface area (Å²) in [7, 11) is 0. The molecule has 0 bridgehead atoms. The van der Waals surface area contributed by atoms with Crippen LogP contribution in [0.3, 0.4) is 0 Å². The van der Waals surface area contributed by atoms with E-state index in [1.807, 2.05) is 42.5 Å². The standard InChI is InChI=1S/C18H16O2/c1-18(2)15-9-5-4-8-14(15)17(20-18)12-11-13-7-3-6-10-16(13)19/h3-12H,1-2H3/p+1/b12-11+. The highest BCUT2D eigenvalue weighted by Crippen LogP contribution is 2.34. The van der Waals surface area contributed by atoms with Gasteiger partial charge < -0.3 is 5.11 Å². The number of aromatic hydroxyl groups is 1. The number of hydrogen-bond donors (Lipinski definition) is 1. The second kappa shape index (κ2) is 4.64. The zero-order valence-corrected chi connectivity index (χ0v) is 11.6. The van der Waals surface area contributed by atoms with Gasteiger partial charge in [-0.15, -0.1) is 0 Å². The van der Waals surface area contributed by atoms with Crippen molar-refractivity contribution < 1.29 is 9.53 Å². The average Bonchev–Trinajstić information content (AvgIpc) is 2.70. The number of benzene rings is 2. The van der Waals surface area contributed by atoms with Crippen LogP contribution in [0.25, 0.3) is 6.08 Å². The molecule has 0 unspecified atom stereocenters. The SMILES string of the molecule is CC1(C)[O+]=C(/C=C/c2ccccc2O)c2ccccc21. The molecular formula is C18H17O2+. The molecule has 100 valence electrons. The minimum atomic E-state index is -0.311. The maximum Gasteiger partial charge on any atom is 0.352 e. The Morgan fingerprint density at radius 3 is 2.45 bits per heavy atom. The van der Waals surface area contributed by atoms with Gasteiger partial charge in [0.15, 0.2) is 0 Å². The van der Waals surface area contributed by atoms with E-state index in [0.717, 1.165) is 16.9 Å². The Hall–Kier alpha value is -2.35. The summed E-state index contributed by atoms with van der Waals surface area (Å²) in [6.07, 6.45) is 3.80. The molecule has 0 spiro atoms. The van der Waals surface area contributed by atoms with Crippen LogP contribution >= 0.6 is 0 Å². The summed E-state index contributed by atoms with van der Waals surface area (Å²) in [6.45, 7) is 4.12. The highest BCUT2D eigenvalue weighted by molar-refractivity contribution is 6.09. The summed E-state index contributed by atoms with van der Waals surface area (Å²) in [5.41, 5.74) is 2.78. The molecule has 2 aromatic rings. The number of ketones is 1. The minimum absolute atomic E-state index is 0.273. The second-order valence-corrected chi connectivity index (χ2v) is 5.41. The first-order valence-corrected chi connectivity index (χ1v) is 6.70. The van der Waals surface area contributed by atoms with Crippen LogP contribution in [0.1, 0.15) is 35.0 Å². The summed E-state index contributed by atoms with van der Waals surface area (Å²) in [5.74, 6) is 1.11. The van der Waals surface area contributed by atoms with Crippen LogP contribution in [0.4, 0.5) is 0 Å². The number of allylic oxidation sites excluding steroid dienone is 1. The molecule has 0 atom stereocenters. The van der Waals surface area contributed by atoms with E-state index < -0.39 is 0 Å². The van der Waals surface area contributed by atoms with Gasteiger partial charge >= 0.3 is 11.4 Å². The van der Waals surface area contributed by atoms with E-state index in [-0.39, 0.29) is 11.4 Å². The van der Waals surface area contributed by atoms with Crippen molar-refractivity contribution in [2.45, 2.75) is 19.4 Å². The predicted molar refractivity (Wildman–Crippen MR) is 80.9 cm³/mol. The summed E-state index contributed by atoms with van der Waals surface area (Å²) in [6, 6.07) is 15.5. The number of carbonyl (C=O) groups excluding carboxylic acids is 1. The summed E-state index contributed by atoms with van der Waals surface area (Å²) >= 11 is 0. The molecule has 0 saturated heterocycles. The van der Waals surface area contributed by atoms with Gasteiger partial charge in [-0.1, -0.05) is 30.3 Å². The van der Waals surface area contributed by atoms with Crippen LogP contribution in [0.15, 0.2) is 54.6 Å². The van der Waals surface area contributed by atoms with E-state index >= 15 is 0 Å². The first-order valence-electron chi connectivity index (χ1n) is 6.70. The summed E-state index contributed by atoms with van der Waals surface area (Å²) in [5, 5.41) is 9.78. The van der Waals surface area contributed by atoms with E-state index in [0.29, 0.717) is 0 Å². The Morgan fingerprint density at radius 1 is 0.950 bits per heavy atom. The van der Waals surface area contributed by atoms with Crippen molar-refractivity contribution in [3.8, 4) is 5.75 Å². The molecule has 1 aliphatic rings. The maximum absolute atomic E-state index is 9.78. The number of phenolic OH excluding ortho intramolecular Hbond substituents is 1. The van der Waals surface area contributed by atoms with Gasteiger partial charge in [-0.2, -0.15) is 0 Å². The molecule has 2 nitrogen and oxygen atoms in total. The fraction of sp³-hybridized carbons (Fsp3) is 0.167. The van der Waals surface area contributed by atoms with Crippen molar-refractivity contribution in [1.29, 1.82) is 0 Å². The Labute approximate surface area is 118 Å². The monoisotopic (exact) mass is 265 g/mol.